The summed E-state index contributed by atoms with van der Waals surface area (Å²) in [7, 11) is -5.99. The number of carbonyl (C=O) groups is 1. The Labute approximate surface area is 223 Å². The van der Waals surface area contributed by atoms with Crippen LogP contribution >= 0.6 is 11.6 Å². The van der Waals surface area contributed by atoms with Crippen LogP contribution in [0.4, 0.5) is 5.69 Å². The largest absolute Gasteiger partial charge is 0.495 e. The van der Waals surface area contributed by atoms with Crippen LogP contribution in [0, 0.1) is 0 Å². The van der Waals surface area contributed by atoms with Gasteiger partial charge in [0.25, 0.3) is 0 Å². The molecule has 3 rings (SSSR count). The molecule has 1 atom stereocenters. The molecule has 13 heteroatoms. The summed E-state index contributed by atoms with van der Waals surface area (Å²) in [6.07, 6.45) is 3.75. The number of sulfonamides is 2. The maximum absolute atomic E-state index is 12.8. The Hall–Kier alpha value is -2.54. The first-order valence-electron chi connectivity index (χ1n) is 11.8. The van der Waals surface area contributed by atoms with Crippen molar-refractivity contribution in [3.63, 3.8) is 0 Å². The van der Waals surface area contributed by atoms with Gasteiger partial charge in [-0.15, -0.1) is 0 Å². The van der Waals surface area contributed by atoms with Gasteiger partial charge in [-0.1, -0.05) is 18.0 Å². The van der Waals surface area contributed by atoms with Gasteiger partial charge in [-0.25, -0.2) is 16.8 Å². The fourth-order valence-electron chi connectivity index (χ4n) is 4.07. The Bertz CT molecular complexity index is 1300. The van der Waals surface area contributed by atoms with Crippen LogP contribution in [-0.4, -0.2) is 72.7 Å². The van der Waals surface area contributed by atoms with E-state index in [1.807, 2.05) is 0 Å². The summed E-state index contributed by atoms with van der Waals surface area (Å²) >= 11 is 6.06. The molecule has 204 valence electrons. The predicted octanol–water partition coefficient (Wildman–Crippen LogP) is 2.87. The van der Waals surface area contributed by atoms with Gasteiger partial charge >= 0.3 is 0 Å². The SMILES string of the molecule is COc1ccc(Cl)cc1N([C@@H](C)C(=O)NCCOc1ccc(S(=O)(=O)N2CCCCC2)cc1)S(C)(=O)=O. The number of anilines is 1. The Morgan fingerprint density at radius 2 is 1.73 bits per heavy atom. The molecule has 0 aromatic heterocycles. The second-order valence-electron chi connectivity index (χ2n) is 8.63. The highest BCUT2D eigenvalue weighted by molar-refractivity contribution is 7.92. The van der Waals surface area contributed by atoms with Crippen LogP contribution in [0.15, 0.2) is 47.4 Å². The second kappa shape index (κ2) is 12.3. The Kier molecular flexibility index (Phi) is 9.68. The molecule has 37 heavy (non-hydrogen) atoms. The quantitative estimate of drug-likeness (QED) is 0.410. The monoisotopic (exact) mass is 573 g/mol. The van der Waals surface area contributed by atoms with Crippen LogP contribution in [0.3, 0.4) is 0 Å². The van der Waals surface area contributed by atoms with E-state index in [4.69, 9.17) is 21.1 Å². The lowest BCUT2D eigenvalue weighted by Gasteiger charge is -2.29. The normalized spacial score (nSPS) is 15.6. The molecule has 0 unspecified atom stereocenters. The summed E-state index contributed by atoms with van der Waals surface area (Å²) in [6.45, 7) is 2.70. The lowest BCUT2D eigenvalue weighted by Crippen LogP contribution is -2.48. The Balaban J connectivity index is 1.58. The molecule has 1 saturated heterocycles. The number of amides is 1. The number of piperidine rings is 1. The summed E-state index contributed by atoms with van der Waals surface area (Å²) in [5, 5.41) is 2.95. The third-order valence-corrected chi connectivity index (χ3v) is 9.29. The van der Waals surface area contributed by atoms with Crippen LogP contribution in [0.2, 0.25) is 5.02 Å². The minimum Gasteiger partial charge on any atom is -0.495 e. The highest BCUT2D eigenvalue weighted by Crippen LogP contribution is 2.34. The number of nitrogens with one attached hydrogen (secondary N) is 1. The minimum absolute atomic E-state index is 0.0933. The topological polar surface area (TPSA) is 122 Å². The van der Waals surface area contributed by atoms with Gasteiger partial charge in [0.1, 0.15) is 24.1 Å². The van der Waals surface area contributed by atoms with E-state index in [1.165, 1.54) is 42.6 Å². The van der Waals surface area contributed by atoms with Crippen LogP contribution in [0.5, 0.6) is 11.5 Å². The molecule has 1 aliphatic rings. The van der Waals surface area contributed by atoms with Gasteiger partial charge in [0.15, 0.2) is 0 Å². The summed E-state index contributed by atoms with van der Waals surface area (Å²) in [5.41, 5.74) is 0.149. The molecule has 0 spiro atoms. The minimum atomic E-state index is -3.86. The molecule has 1 N–H and O–H groups in total. The van der Waals surface area contributed by atoms with Gasteiger partial charge in [-0.3, -0.25) is 9.10 Å². The maximum Gasteiger partial charge on any atom is 0.243 e. The number of methoxy groups -OCH3 is 1. The molecule has 1 fully saturated rings. The van der Waals surface area contributed by atoms with Gasteiger partial charge in [0.2, 0.25) is 26.0 Å². The number of hydrogen-bond acceptors (Lipinski definition) is 7. The fraction of sp³-hybridized carbons (Fsp3) is 0.458. The average Bonchev–Trinajstić information content (AvgIpc) is 2.86. The van der Waals surface area contributed by atoms with Crippen molar-refractivity contribution in [2.75, 3.05) is 43.9 Å². The van der Waals surface area contributed by atoms with Gasteiger partial charge in [-0.05, 0) is 62.2 Å². The summed E-state index contributed by atoms with van der Waals surface area (Å²) < 4.78 is 64.0. The molecule has 0 aliphatic carbocycles. The fourth-order valence-corrected chi connectivity index (χ4v) is 6.92. The standard InChI is InChI=1S/C24H32ClN3O7S2/c1-18(28(36(3,30)31)22-17-19(25)7-12-23(22)34-2)24(29)26-13-16-35-20-8-10-21(11-9-20)37(32,33)27-14-5-4-6-15-27/h7-12,17-18H,4-6,13-16H2,1-3H3,(H,26,29)/t18-/m0/s1. The number of carbonyl (C=O) groups excluding carboxylic acids is 1. The van der Waals surface area contributed by atoms with Crippen molar-refractivity contribution in [2.45, 2.75) is 37.1 Å². The maximum atomic E-state index is 12.8. The van der Waals surface area contributed by atoms with Gasteiger partial charge < -0.3 is 14.8 Å². The van der Waals surface area contributed by atoms with Crippen LogP contribution in [-0.2, 0) is 24.8 Å². The van der Waals surface area contributed by atoms with Crippen molar-refractivity contribution in [1.82, 2.24) is 9.62 Å². The van der Waals surface area contributed by atoms with Gasteiger partial charge in [0, 0.05) is 18.1 Å². The van der Waals surface area contributed by atoms with Gasteiger partial charge in [-0.2, -0.15) is 4.31 Å². The molecular formula is C24H32ClN3O7S2. The summed E-state index contributed by atoms with van der Waals surface area (Å²) in [5.74, 6) is 0.156. The molecule has 10 nitrogen and oxygen atoms in total. The van der Waals surface area contributed by atoms with Crippen molar-refractivity contribution in [3.05, 3.63) is 47.5 Å². The zero-order valence-electron chi connectivity index (χ0n) is 21.0. The molecule has 1 heterocycles. The van der Waals surface area contributed by atoms with E-state index in [2.05, 4.69) is 5.32 Å². The first-order valence-corrected chi connectivity index (χ1v) is 15.5. The highest BCUT2D eigenvalue weighted by Gasteiger charge is 2.31. The lowest BCUT2D eigenvalue weighted by atomic mass is 10.2. The van der Waals surface area contributed by atoms with Crippen LogP contribution < -0.4 is 19.1 Å². The van der Waals surface area contributed by atoms with Crippen molar-refractivity contribution < 1.29 is 31.1 Å². The first kappa shape index (κ1) is 29.0. The first-order chi connectivity index (χ1) is 17.4. The van der Waals surface area contributed by atoms with Crippen LogP contribution in [0.1, 0.15) is 26.2 Å². The Morgan fingerprint density at radius 3 is 2.32 bits per heavy atom. The van der Waals surface area contributed by atoms with Crippen LogP contribution in [0.25, 0.3) is 0 Å². The molecule has 1 aliphatic heterocycles. The molecule has 0 bridgehead atoms. The van der Waals surface area contributed by atoms with E-state index in [9.17, 15) is 21.6 Å². The summed E-state index contributed by atoms with van der Waals surface area (Å²) in [4.78, 5) is 13.0. The Morgan fingerprint density at radius 1 is 1.08 bits per heavy atom. The van der Waals surface area contributed by atoms with Crippen molar-refractivity contribution in [3.8, 4) is 11.5 Å². The third-order valence-electron chi connectivity index (χ3n) is 5.91. The van der Waals surface area contributed by atoms with Gasteiger partial charge in [0.05, 0.1) is 30.5 Å². The average molecular weight is 574 g/mol. The molecule has 1 amide bonds. The van der Waals surface area contributed by atoms with E-state index in [0.29, 0.717) is 23.9 Å². The summed E-state index contributed by atoms with van der Waals surface area (Å²) in [6, 6.07) is 9.55. The second-order valence-corrected chi connectivity index (χ2v) is 12.9. The zero-order valence-corrected chi connectivity index (χ0v) is 23.4. The number of benzene rings is 2. The van der Waals surface area contributed by atoms with Crippen molar-refractivity contribution >= 4 is 43.2 Å². The van der Waals surface area contributed by atoms with E-state index in [-0.39, 0.29) is 29.5 Å². The zero-order chi connectivity index (χ0) is 27.2. The molecular weight excluding hydrogens is 542 g/mol. The third kappa shape index (κ3) is 7.28. The van der Waals surface area contributed by atoms with Crippen molar-refractivity contribution in [1.29, 1.82) is 0 Å². The van der Waals surface area contributed by atoms with Crippen molar-refractivity contribution in [2.24, 2.45) is 0 Å². The van der Waals surface area contributed by atoms with E-state index < -0.39 is 32.0 Å². The molecule has 2 aromatic rings. The number of halogens is 1. The molecule has 2 aromatic carbocycles. The number of nitrogens with zero attached hydrogens (tertiary/aromatic N) is 2. The lowest BCUT2D eigenvalue weighted by molar-refractivity contribution is -0.121. The highest BCUT2D eigenvalue weighted by atomic mass is 35.5. The number of rotatable bonds is 11. The van der Waals surface area contributed by atoms with E-state index in [1.54, 1.807) is 18.2 Å². The van der Waals surface area contributed by atoms with E-state index >= 15 is 0 Å². The molecule has 0 radical (unpaired) electrons. The smallest absolute Gasteiger partial charge is 0.243 e. The van der Waals surface area contributed by atoms with E-state index in [0.717, 1.165) is 29.8 Å². The predicted molar refractivity (Wildman–Crippen MR) is 142 cm³/mol. The number of ether oxygens (including phenoxy) is 2. The number of hydrogen-bond donors (Lipinski definition) is 1. The molecule has 0 saturated carbocycles.